The lowest BCUT2D eigenvalue weighted by Gasteiger charge is -2.25. The summed E-state index contributed by atoms with van der Waals surface area (Å²) in [4.78, 5) is 16.7. The second-order valence-electron chi connectivity index (χ2n) is 6.89. The van der Waals surface area contributed by atoms with Crippen molar-refractivity contribution >= 4 is 5.91 Å². The molecule has 3 rings (SSSR count). The lowest BCUT2D eigenvalue weighted by molar-refractivity contribution is -0.133. The van der Waals surface area contributed by atoms with Gasteiger partial charge in [-0.15, -0.1) is 0 Å². The number of rotatable bonds is 4. The average Bonchev–Trinajstić information content (AvgIpc) is 3.31. The first-order valence-corrected chi connectivity index (χ1v) is 8.75. The Kier molecular flexibility index (Phi) is 5.33. The third-order valence-corrected chi connectivity index (χ3v) is 5.23. The Morgan fingerprint density at radius 1 is 1.36 bits per heavy atom. The third kappa shape index (κ3) is 3.82. The zero-order chi connectivity index (χ0) is 17.8. The van der Waals surface area contributed by atoms with Crippen LogP contribution in [0.1, 0.15) is 30.4 Å². The molecule has 0 radical (unpaired) electrons. The average molecular weight is 337 g/mol. The predicted octanol–water partition coefficient (Wildman–Crippen LogP) is 1.24. The molecule has 2 heterocycles. The van der Waals surface area contributed by atoms with Crippen molar-refractivity contribution in [2.24, 2.45) is 0 Å². The second-order valence-corrected chi connectivity index (χ2v) is 6.89. The molecule has 6 nitrogen and oxygen atoms in total. The number of carbonyl (C=O) groups is 1. The quantitative estimate of drug-likeness (QED) is 0.893. The molecule has 6 heteroatoms. The van der Waals surface area contributed by atoms with Crippen molar-refractivity contribution in [2.45, 2.75) is 43.9 Å². The Hall–Kier alpha value is -2.41. The Labute approximate surface area is 148 Å². The van der Waals surface area contributed by atoms with E-state index in [1.807, 2.05) is 24.3 Å². The normalized spacial score (nSPS) is 25.8. The van der Waals surface area contributed by atoms with Gasteiger partial charge in [-0.1, -0.05) is 12.1 Å². The molecule has 1 unspecified atom stereocenters. The number of nitrogens with zero attached hydrogens (tertiary/aromatic N) is 4. The van der Waals surface area contributed by atoms with Crippen LogP contribution in [0.5, 0.6) is 0 Å². The van der Waals surface area contributed by atoms with Crippen LogP contribution in [0.2, 0.25) is 0 Å². The highest BCUT2D eigenvalue weighted by Crippen LogP contribution is 2.22. The first-order valence-electron chi connectivity index (χ1n) is 8.75. The van der Waals surface area contributed by atoms with Gasteiger partial charge in [0.2, 0.25) is 5.91 Å². The van der Waals surface area contributed by atoms with Crippen LogP contribution < -0.4 is 5.32 Å². The zero-order valence-electron chi connectivity index (χ0n) is 14.5. The summed E-state index contributed by atoms with van der Waals surface area (Å²) in [7, 11) is 2.06. The van der Waals surface area contributed by atoms with Crippen LogP contribution >= 0.6 is 0 Å². The molecule has 0 aliphatic carbocycles. The van der Waals surface area contributed by atoms with Gasteiger partial charge in [-0.3, -0.25) is 9.69 Å². The fourth-order valence-corrected chi connectivity index (χ4v) is 3.71. The van der Waals surface area contributed by atoms with E-state index in [1.165, 1.54) is 0 Å². The van der Waals surface area contributed by atoms with Gasteiger partial charge in [-0.05, 0) is 44.0 Å². The maximum Gasteiger partial charge on any atom is 0.240 e. The van der Waals surface area contributed by atoms with E-state index in [2.05, 4.69) is 29.4 Å². The van der Waals surface area contributed by atoms with Crippen LogP contribution in [0.3, 0.4) is 0 Å². The summed E-state index contributed by atoms with van der Waals surface area (Å²) < 4.78 is 0. The summed E-state index contributed by atoms with van der Waals surface area (Å²) in [6.45, 7) is 2.25. The fourth-order valence-electron chi connectivity index (χ4n) is 3.71. The monoisotopic (exact) mass is 337 g/mol. The molecule has 0 saturated carbocycles. The van der Waals surface area contributed by atoms with Crippen molar-refractivity contribution in [3.8, 4) is 12.1 Å². The highest BCUT2D eigenvalue weighted by Gasteiger charge is 2.37. The summed E-state index contributed by atoms with van der Waals surface area (Å²) >= 11 is 0. The molecule has 2 aliphatic heterocycles. The molecular formula is C19H23N5O. The minimum absolute atomic E-state index is 0.0679. The van der Waals surface area contributed by atoms with E-state index in [0.29, 0.717) is 12.1 Å². The van der Waals surface area contributed by atoms with E-state index in [-0.39, 0.29) is 24.0 Å². The number of likely N-dealkylation sites (N-methyl/N-ethyl adjacent to an activating group) is 1. The molecular weight excluding hydrogens is 314 g/mol. The van der Waals surface area contributed by atoms with Crippen molar-refractivity contribution in [1.82, 2.24) is 15.1 Å². The molecule has 0 bridgehead atoms. The molecule has 1 amide bonds. The van der Waals surface area contributed by atoms with E-state index in [9.17, 15) is 10.1 Å². The van der Waals surface area contributed by atoms with Crippen LogP contribution in [-0.2, 0) is 11.3 Å². The van der Waals surface area contributed by atoms with E-state index in [0.717, 1.165) is 37.9 Å². The molecule has 1 aromatic rings. The Morgan fingerprint density at radius 3 is 2.80 bits per heavy atom. The highest BCUT2D eigenvalue weighted by atomic mass is 16.2. The number of carbonyl (C=O) groups excluding carboxylic acids is 1. The minimum Gasteiger partial charge on any atom is -0.325 e. The topological polar surface area (TPSA) is 83.2 Å². The molecule has 2 aliphatic rings. The number of benzene rings is 1. The summed E-state index contributed by atoms with van der Waals surface area (Å²) in [5.41, 5.74) is 1.82. The van der Waals surface area contributed by atoms with E-state index >= 15 is 0 Å². The van der Waals surface area contributed by atoms with Crippen LogP contribution in [0.25, 0.3) is 0 Å². The zero-order valence-corrected chi connectivity index (χ0v) is 14.5. The molecule has 1 N–H and O–H groups in total. The van der Waals surface area contributed by atoms with E-state index in [4.69, 9.17) is 5.26 Å². The second kappa shape index (κ2) is 7.65. The largest absolute Gasteiger partial charge is 0.325 e. The van der Waals surface area contributed by atoms with Crippen molar-refractivity contribution in [1.29, 1.82) is 10.5 Å². The van der Waals surface area contributed by atoms with Crippen LogP contribution in [0.4, 0.5) is 0 Å². The number of hydrogen-bond donors (Lipinski definition) is 1. The number of nitriles is 2. The molecule has 1 aromatic carbocycles. The van der Waals surface area contributed by atoms with Gasteiger partial charge in [-0.25, -0.2) is 0 Å². The number of likely N-dealkylation sites (tertiary alicyclic amines) is 1. The first-order chi connectivity index (χ1) is 12.1. The molecule has 3 atom stereocenters. The smallest absolute Gasteiger partial charge is 0.240 e. The van der Waals surface area contributed by atoms with E-state index < -0.39 is 0 Å². The van der Waals surface area contributed by atoms with Gasteiger partial charge in [0, 0.05) is 25.7 Å². The molecule has 0 aromatic heterocycles. The van der Waals surface area contributed by atoms with Gasteiger partial charge in [0.15, 0.2) is 0 Å². The lowest BCUT2D eigenvalue weighted by atomic mass is 10.1. The van der Waals surface area contributed by atoms with Gasteiger partial charge < -0.3 is 10.2 Å². The maximum absolute atomic E-state index is 12.7. The van der Waals surface area contributed by atoms with Crippen molar-refractivity contribution in [3.05, 3.63) is 35.4 Å². The standard InChI is InChI=1S/C19H23N5O/c1-23(13-15-6-4-14(10-20)5-7-15)17-9-18(22-12-17)19(25)24-8-2-3-16(24)11-21/h4-7,16-18,22H,2-3,8-9,12-13H2,1H3/t16?,17-,18-/m0/s1. The Bertz CT molecular complexity index is 702. The van der Waals surface area contributed by atoms with Gasteiger partial charge in [0.1, 0.15) is 6.04 Å². The van der Waals surface area contributed by atoms with Gasteiger partial charge >= 0.3 is 0 Å². The number of hydrogen-bond acceptors (Lipinski definition) is 5. The van der Waals surface area contributed by atoms with Crippen molar-refractivity contribution in [2.75, 3.05) is 20.1 Å². The molecule has 0 spiro atoms. The Balaban J connectivity index is 1.55. The molecule has 2 fully saturated rings. The minimum atomic E-state index is -0.260. The summed E-state index contributed by atoms with van der Waals surface area (Å²) in [6, 6.07) is 11.8. The summed E-state index contributed by atoms with van der Waals surface area (Å²) in [5, 5.41) is 21.4. The van der Waals surface area contributed by atoms with Crippen LogP contribution in [0.15, 0.2) is 24.3 Å². The van der Waals surface area contributed by atoms with Crippen molar-refractivity contribution < 1.29 is 4.79 Å². The highest BCUT2D eigenvalue weighted by molar-refractivity contribution is 5.83. The molecule has 2 saturated heterocycles. The summed E-state index contributed by atoms with van der Waals surface area (Å²) in [6.07, 6.45) is 2.47. The number of amides is 1. The molecule has 130 valence electrons. The maximum atomic E-state index is 12.7. The first kappa shape index (κ1) is 17.4. The van der Waals surface area contributed by atoms with Crippen LogP contribution in [0, 0.1) is 22.7 Å². The molecule has 25 heavy (non-hydrogen) atoms. The van der Waals surface area contributed by atoms with E-state index in [1.54, 1.807) is 4.90 Å². The summed E-state index contributed by atoms with van der Waals surface area (Å²) in [5.74, 6) is 0.0679. The predicted molar refractivity (Wildman–Crippen MR) is 93.2 cm³/mol. The fraction of sp³-hybridized carbons (Fsp3) is 0.526. The lowest BCUT2D eigenvalue weighted by Crippen LogP contribution is -2.45. The van der Waals surface area contributed by atoms with Crippen molar-refractivity contribution in [3.63, 3.8) is 0 Å². The number of nitrogens with one attached hydrogen (secondary N) is 1. The third-order valence-electron chi connectivity index (χ3n) is 5.23. The van der Waals surface area contributed by atoms with Gasteiger partial charge in [0.05, 0.1) is 23.7 Å². The SMILES string of the molecule is CN(Cc1ccc(C#N)cc1)[C@@H]1CN[C@H](C(=O)N2CCCC2C#N)C1. The van der Waals surface area contributed by atoms with Crippen LogP contribution in [-0.4, -0.2) is 54.0 Å². The Morgan fingerprint density at radius 2 is 2.12 bits per heavy atom. The van der Waals surface area contributed by atoms with Gasteiger partial charge in [-0.2, -0.15) is 10.5 Å². The van der Waals surface area contributed by atoms with Gasteiger partial charge in [0.25, 0.3) is 0 Å².